The molecule has 0 atom stereocenters. The number of rotatable bonds is 2. The van der Waals surface area contributed by atoms with Crippen molar-refractivity contribution in [3.63, 3.8) is 0 Å². The largest absolute Gasteiger partial charge is 0.384 e. The van der Waals surface area contributed by atoms with Crippen molar-refractivity contribution in [1.82, 2.24) is 15.3 Å². The molecule has 1 heterocycles. The van der Waals surface area contributed by atoms with Crippen molar-refractivity contribution in [1.29, 1.82) is 0 Å². The SMILES string of the molecule is Cc1ccc(C#CCO)c(C(=O)NN2CCN(C)CC2)c1. The summed E-state index contributed by atoms with van der Waals surface area (Å²) in [5, 5.41) is 10.7. The highest BCUT2D eigenvalue weighted by Gasteiger charge is 2.18. The van der Waals surface area contributed by atoms with Crippen molar-refractivity contribution in [2.24, 2.45) is 0 Å². The van der Waals surface area contributed by atoms with E-state index in [9.17, 15) is 4.79 Å². The molecule has 0 radical (unpaired) electrons. The smallest absolute Gasteiger partial charge is 0.266 e. The Labute approximate surface area is 125 Å². The molecule has 0 spiro atoms. The molecule has 0 unspecified atom stereocenters. The summed E-state index contributed by atoms with van der Waals surface area (Å²) < 4.78 is 0. The number of aliphatic hydroxyl groups is 1. The molecule has 1 fully saturated rings. The van der Waals surface area contributed by atoms with Crippen LogP contribution in [0.2, 0.25) is 0 Å². The van der Waals surface area contributed by atoms with Crippen molar-refractivity contribution >= 4 is 5.91 Å². The summed E-state index contributed by atoms with van der Waals surface area (Å²) in [5.41, 5.74) is 5.14. The molecular weight excluding hydrogens is 266 g/mol. The van der Waals surface area contributed by atoms with Crippen LogP contribution in [-0.2, 0) is 0 Å². The molecule has 1 aromatic rings. The second-order valence-electron chi connectivity index (χ2n) is 5.24. The summed E-state index contributed by atoms with van der Waals surface area (Å²) in [7, 11) is 2.07. The number of carbonyl (C=O) groups is 1. The fraction of sp³-hybridized carbons (Fsp3) is 0.438. The number of hydrazine groups is 1. The summed E-state index contributed by atoms with van der Waals surface area (Å²) in [6.45, 7) is 5.22. The minimum Gasteiger partial charge on any atom is -0.384 e. The van der Waals surface area contributed by atoms with Crippen LogP contribution in [0.25, 0.3) is 0 Å². The van der Waals surface area contributed by atoms with Crippen LogP contribution in [0, 0.1) is 18.8 Å². The zero-order valence-corrected chi connectivity index (χ0v) is 12.5. The second-order valence-corrected chi connectivity index (χ2v) is 5.24. The van der Waals surface area contributed by atoms with E-state index in [4.69, 9.17) is 5.11 Å². The minimum atomic E-state index is -0.215. The topological polar surface area (TPSA) is 55.8 Å². The summed E-state index contributed by atoms with van der Waals surface area (Å²) in [6, 6.07) is 5.55. The number of aryl methyl sites for hydroxylation is 1. The standard InChI is InChI=1S/C16H21N3O2/c1-13-5-6-14(4-3-11-20)15(12-13)16(21)17-19-9-7-18(2)8-10-19/h5-6,12,20H,7-11H2,1-2H3,(H,17,21). The number of amides is 1. The molecule has 1 aromatic carbocycles. The van der Waals surface area contributed by atoms with Gasteiger partial charge in [-0.2, -0.15) is 0 Å². The van der Waals surface area contributed by atoms with E-state index in [0.29, 0.717) is 11.1 Å². The molecule has 1 saturated heterocycles. The zero-order chi connectivity index (χ0) is 15.2. The van der Waals surface area contributed by atoms with Gasteiger partial charge in [0.2, 0.25) is 0 Å². The number of hydrogen-bond acceptors (Lipinski definition) is 4. The normalized spacial score (nSPS) is 16.1. The molecule has 0 bridgehead atoms. The molecule has 0 saturated carbocycles. The van der Waals surface area contributed by atoms with Gasteiger partial charge in [0, 0.05) is 31.7 Å². The molecular formula is C16H21N3O2. The lowest BCUT2D eigenvalue weighted by molar-refractivity contribution is 0.0662. The van der Waals surface area contributed by atoms with Crippen molar-refractivity contribution in [2.45, 2.75) is 6.92 Å². The molecule has 5 nitrogen and oxygen atoms in total. The van der Waals surface area contributed by atoms with Crippen LogP contribution in [0.1, 0.15) is 21.5 Å². The number of benzene rings is 1. The Morgan fingerprint density at radius 2 is 2.05 bits per heavy atom. The number of carbonyl (C=O) groups excluding carboxylic acids is 1. The zero-order valence-electron chi connectivity index (χ0n) is 12.5. The van der Waals surface area contributed by atoms with E-state index in [-0.39, 0.29) is 12.5 Å². The molecule has 1 amide bonds. The van der Waals surface area contributed by atoms with E-state index in [1.54, 1.807) is 0 Å². The van der Waals surface area contributed by atoms with Gasteiger partial charge in [-0.3, -0.25) is 10.2 Å². The van der Waals surface area contributed by atoms with Gasteiger partial charge in [0.15, 0.2) is 0 Å². The third kappa shape index (κ3) is 4.30. The minimum absolute atomic E-state index is 0.148. The monoisotopic (exact) mass is 287 g/mol. The average molecular weight is 287 g/mol. The lowest BCUT2D eigenvalue weighted by Gasteiger charge is -2.32. The highest BCUT2D eigenvalue weighted by molar-refractivity contribution is 5.96. The number of hydrogen-bond donors (Lipinski definition) is 2. The highest BCUT2D eigenvalue weighted by Crippen LogP contribution is 2.11. The van der Waals surface area contributed by atoms with Gasteiger partial charge < -0.3 is 10.0 Å². The van der Waals surface area contributed by atoms with Crippen LogP contribution in [0.3, 0.4) is 0 Å². The van der Waals surface area contributed by atoms with Crippen LogP contribution in [-0.4, -0.2) is 60.8 Å². The lowest BCUT2D eigenvalue weighted by atomic mass is 10.0. The van der Waals surface area contributed by atoms with Crippen LogP contribution < -0.4 is 5.43 Å². The van der Waals surface area contributed by atoms with Crippen molar-refractivity contribution in [2.75, 3.05) is 39.8 Å². The maximum atomic E-state index is 12.4. The molecule has 21 heavy (non-hydrogen) atoms. The first-order chi connectivity index (χ1) is 10.1. The van der Waals surface area contributed by atoms with E-state index in [0.717, 1.165) is 31.7 Å². The summed E-state index contributed by atoms with van der Waals surface area (Å²) in [4.78, 5) is 14.7. The average Bonchev–Trinajstić information content (AvgIpc) is 2.48. The van der Waals surface area contributed by atoms with Crippen molar-refractivity contribution in [3.8, 4) is 11.8 Å². The summed E-state index contributed by atoms with van der Waals surface area (Å²) in [5.74, 6) is 5.27. The first kappa shape index (κ1) is 15.5. The Bertz CT molecular complexity index is 567. The molecule has 2 rings (SSSR count). The van der Waals surface area contributed by atoms with E-state index in [1.807, 2.05) is 30.1 Å². The molecule has 2 N–H and O–H groups in total. The highest BCUT2D eigenvalue weighted by atomic mass is 16.2. The van der Waals surface area contributed by atoms with E-state index in [1.165, 1.54) is 0 Å². The van der Waals surface area contributed by atoms with Gasteiger partial charge in [-0.05, 0) is 26.1 Å². The molecule has 1 aliphatic heterocycles. The third-order valence-electron chi connectivity index (χ3n) is 3.48. The number of piperazine rings is 1. The number of likely N-dealkylation sites (N-methyl/N-ethyl adjacent to an activating group) is 1. The van der Waals surface area contributed by atoms with Crippen molar-refractivity contribution in [3.05, 3.63) is 34.9 Å². The maximum absolute atomic E-state index is 12.4. The fourth-order valence-electron chi connectivity index (χ4n) is 2.21. The Balaban J connectivity index is 2.12. The van der Waals surface area contributed by atoms with Crippen molar-refractivity contribution < 1.29 is 9.90 Å². The van der Waals surface area contributed by atoms with E-state index >= 15 is 0 Å². The van der Waals surface area contributed by atoms with Crippen LogP contribution >= 0.6 is 0 Å². The molecule has 1 aliphatic rings. The number of aliphatic hydroxyl groups excluding tert-OH is 1. The van der Waals surface area contributed by atoms with E-state index < -0.39 is 0 Å². The molecule has 0 aromatic heterocycles. The van der Waals surface area contributed by atoms with Gasteiger partial charge in [0.25, 0.3) is 5.91 Å². The number of nitrogens with one attached hydrogen (secondary N) is 1. The fourth-order valence-corrected chi connectivity index (χ4v) is 2.21. The molecule has 5 heteroatoms. The third-order valence-corrected chi connectivity index (χ3v) is 3.48. The van der Waals surface area contributed by atoms with Crippen LogP contribution in [0.4, 0.5) is 0 Å². The molecule has 112 valence electrons. The summed E-state index contributed by atoms with van der Waals surface area (Å²) >= 11 is 0. The van der Waals surface area contributed by atoms with E-state index in [2.05, 4.69) is 29.2 Å². The Kier molecular flexibility index (Phi) is 5.34. The second kappa shape index (κ2) is 7.23. The van der Waals surface area contributed by atoms with Gasteiger partial charge in [-0.15, -0.1) is 0 Å². The Morgan fingerprint density at radius 3 is 2.71 bits per heavy atom. The van der Waals surface area contributed by atoms with Gasteiger partial charge in [-0.1, -0.05) is 23.5 Å². The van der Waals surface area contributed by atoms with Gasteiger partial charge >= 0.3 is 0 Å². The Morgan fingerprint density at radius 1 is 1.33 bits per heavy atom. The van der Waals surface area contributed by atoms with Gasteiger partial charge in [0.05, 0.1) is 5.56 Å². The quantitative estimate of drug-likeness (QED) is 0.765. The summed E-state index contributed by atoms with van der Waals surface area (Å²) in [6.07, 6.45) is 0. The van der Waals surface area contributed by atoms with Gasteiger partial charge in [0.1, 0.15) is 6.61 Å². The lowest BCUT2D eigenvalue weighted by Crippen LogP contribution is -2.52. The predicted molar refractivity (Wildman–Crippen MR) is 81.7 cm³/mol. The van der Waals surface area contributed by atoms with Crippen LogP contribution in [0.5, 0.6) is 0 Å². The van der Waals surface area contributed by atoms with Crippen LogP contribution in [0.15, 0.2) is 18.2 Å². The van der Waals surface area contributed by atoms with Gasteiger partial charge in [-0.25, -0.2) is 5.01 Å². The maximum Gasteiger partial charge on any atom is 0.266 e. The predicted octanol–water partition coefficient (Wildman–Crippen LogP) is 0.231. The molecule has 0 aliphatic carbocycles. The Hall–Kier alpha value is -1.87. The number of nitrogens with zero attached hydrogens (tertiary/aromatic N) is 2. The first-order valence-corrected chi connectivity index (χ1v) is 7.05. The first-order valence-electron chi connectivity index (χ1n) is 7.05.